The Morgan fingerprint density at radius 1 is 1.42 bits per heavy atom. The molecule has 1 fully saturated rings. The minimum atomic E-state index is -0.0904. The Bertz CT molecular complexity index is 479. The standard InChI is InChI=1S/C14H17Cl2NO2/c1-9-2-3-10(8-18)7-17(9)14(19)12-5-4-11(15)6-13(12)16/h4-6,9-10,18H,2-3,7-8H2,1H3. The molecule has 2 unspecified atom stereocenters. The van der Waals surface area contributed by atoms with Crippen LogP contribution in [-0.4, -0.2) is 35.1 Å². The molecule has 0 aliphatic carbocycles. The number of benzene rings is 1. The van der Waals surface area contributed by atoms with Crippen LogP contribution in [-0.2, 0) is 0 Å². The van der Waals surface area contributed by atoms with Crippen molar-refractivity contribution in [3.05, 3.63) is 33.8 Å². The highest BCUT2D eigenvalue weighted by Crippen LogP contribution is 2.27. The monoisotopic (exact) mass is 301 g/mol. The lowest BCUT2D eigenvalue weighted by Crippen LogP contribution is -2.46. The number of piperidine rings is 1. The molecule has 1 aliphatic rings. The highest BCUT2D eigenvalue weighted by molar-refractivity contribution is 6.36. The minimum Gasteiger partial charge on any atom is -0.396 e. The zero-order chi connectivity index (χ0) is 14.0. The number of hydrogen-bond donors (Lipinski definition) is 1. The van der Waals surface area contributed by atoms with Gasteiger partial charge in [0.05, 0.1) is 10.6 Å². The third kappa shape index (κ3) is 3.22. The largest absolute Gasteiger partial charge is 0.396 e. The van der Waals surface area contributed by atoms with Gasteiger partial charge in [-0.3, -0.25) is 4.79 Å². The number of rotatable bonds is 2. The van der Waals surface area contributed by atoms with Gasteiger partial charge in [-0.2, -0.15) is 0 Å². The zero-order valence-corrected chi connectivity index (χ0v) is 12.3. The predicted octanol–water partition coefficient (Wildman–Crippen LogP) is 3.23. The van der Waals surface area contributed by atoms with Crippen LogP contribution in [0.1, 0.15) is 30.1 Å². The van der Waals surface area contributed by atoms with E-state index in [2.05, 4.69) is 0 Å². The van der Waals surface area contributed by atoms with E-state index in [9.17, 15) is 9.90 Å². The van der Waals surface area contributed by atoms with Crippen molar-refractivity contribution in [2.45, 2.75) is 25.8 Å². The second kappa shape index (κ2) is 6.12. The number of amides is 1. The van der Waals surface area contributed by atoms with Crippen molar-refractivity contribution in [1.29, 1.82) is 0 Å². The van der Waals surface area contributed by atoms with Gasteiger partial charge in [0, 0.05) is 24.2 Å². The van der Waals surface area contributed by atoms with Gasteiger partial charge in [-0.15, -0.1) is 0 Å². The number of carbonyl (C=O) groups excluding carboxylic acids is 1. The molecule has 1 heterocycles. The summed E-state index contributed by atoms with van der Waals surface area (Å²) in [4.78, 5) is 14.3. The molecule has 0 radical (unpaired) electrons. The van der Waals surface area contributed by atoms with Gasteiger partial charge >= 0.3 is 0 Å². The topological polar surface area (TPSA) is 40.5 Å². The number of hydrogen-bond acceptors (Lipinski definition) is 2. The van der Waals surface area contributed by atoms with Crippen LogP contribution in [0.2, 0.25) is 10.0 Å². The van der Waals surface area contributed by atoms with Crippen molar-refractivity contribution in [2.24, 2.45) is 5.92 Å². The molecule has 1 saturated heterocycles. The summed E-state index contributed by atoms with van der Waals surface area (Å²) in [6, 6.07) is 5.07. The fourth-order valence-electron chi connectivity index (χ4n) is 2.43. The Kier molecular flexibility index (Phi) is 4.71. The van der Waals surface area contributed by atoms with E-state index in [1.165, 1.54) is 0 Å². The SMILES string of the molecule is CC1CCC(CO)CN1C(=O)c1ccc(Cl)cc1Cl. The summed E-state index contributed by atoms with van der Waals surface area (Å²) in [5, 5.41) is 10.1. The molecule has 2 rings (SSSR count). The van der Waals surface area contributed by atoms with Crippen LogP contribution in [0.4, 0.5) is 0 Å². The van der Waals surface area contributed by atoms with Gasteiger partial charge in [-0.05, 0) is 43.9 Å². The highest BCUT2D eigenvalue weighted by atomic mass is 35.5. The van der Waals surface area contributed by atoms with E-state index in [1.807, 2.05) is 6.92 Å². The first-order valence-electron chi connectivity index (χ1n) is 6.39. The van der Waals surface area contributed by atoms with Crippen LogP contribution >= 0.6 is 23.2 Å². The van der Waals surface area contributed by atoms with Gasteiger partial charge in [0.25, 0.3) is 5.91 Å². The molecule has 1 amide bonds. The van der Waals surface area contributed by atoms with E-state index in [0.29, 0.717) is 22.2 Å². The van der Waals surface area contributed by atoms with E-state index < -0.39 is 0 Å². The first-order chi connectivity index (χ1) is 9.02. The number of carbonyl (C=O) groups is 1. The number of likely N-dealkylation sites (tertiary alicyclic amines) is 1. The Hall–Kier alpha value is -0.770. The van der Waals surface area contributed by atoms with E-state index >= 15 is 0 Å². The van der Waals surface area contributed by atoms with Crippen molar-refractivity contribution in [2.75, 3.05) is 13.2 Å². The average molecular weight is 302 g/mol. The van der Waals surface area contributed by atoms with Crippen LogP contribution in [0, 0.1) is 5.92 Å². The van der Waals surface area contributed by atoms with Crippen molar-refractivity contribution >= 4 is 29.1 Å². The first kappa shape index (κ1) is 14.6. The average Bonchev–Trinajstić information content (AvgIpc) is 2.38. The lowest BCUT2D eigenvalue weighted by molar-refractivity contribution is 0.0489. The fourth-order valence-corrected chi connectivity index (χ4v) is 2.92. The summed E-state index contributed by atoms with van der Waals surface area (Å²) in [6.45, 7) is 2.72. The molecule has 5 heteroatoms. The number of aliphatic hydroxyl groups excluding tert-OH is 1. The maximum absolute atomic E-state index is 12.5. The molecular formula is C14H17Cl2NO2. The molecule has 104 valence electrons. The van der Waals surface area contributed by atoms with Crippen LogP contribution in [0.15, 0.2) is 18.2 Å². The van der Waals surface area contributed by atoms with E-state index in [-0.39, 0.29) is 24.5 Å². The Labute approximate surface area is 123 Å². The van der Waals surface area contributed by atoms with Gasteiger partial charge in [-0.25, -0.2) is 0 Å². The van der Waals surface area contributed by atoms with Crippen LogP contribution in [0.25, 0.3) is 0 Å². The van der Waals surface area contributed by atoms with Gasteiger partial charge in [0.15, 0.2) is 0 Å². The first-order valence-corrected chi connectivity index (χ1v) is 7.15. The third-order valence-electron chi connectivity index (χ3n) is 3.66. The van der Waals surface area contributed by atoms with E-state index in [1.54, 1.807) is 23.1 Å². The van der Waals surface area contributed by atoms with Gasteiger partial charge in [-0.1, -0.05) is 23.2 Å². The van der Waals surface area contributed by atoms with E-state index in [0.717, 1.165) is 12.8 Å². The maximum atomic E-state index is 12.5. The fraction of sp³-hybridized carbons (Fsp3) is 0.500. The van der Waals surface area contributed by atoms with Gasteiger partial charge in [0.2, 0.25) is 0 Å². The molecular weight excluding hydrogens is 285 g/mol. The molecule has 1 N–H and O–H groups in total. The number of nitrogens with zero attached hydrogens (tertiary/aromatic N) is 1. The molecule has 0 spiro atoms. The molecule has 3 nitrogen and oxygen atoms in total. The van der Waals surface area contributed by atoms with Crippen molar-refractivity contribution in [3.8, 4) is 0 Å². The van der Waals surface area contributed by atoms with Gasteiger partial charge < -0.3 is 10.0 Å². The quantitative estimate of drug-likeness (QED) is 0.911. The molecule has 0 saturated carbocycles. The smallest absolute Gasteiger partial charge is 0.255 e. The summed E-state index contributed by atoms with van der Waals surface area (Å²) in [5.41, 5.74) is 0.469. The predicted molar refractivity (Wildman–Crippen MR) is 76.8 cm³/mol. The minimum absolute atomic E-state index is 0.0904. The Balaban J connectivity index is 2.22. The second-order valence-corrected chi connectivity index (χ2v) is 5.90. The highest BCUT2D eigenvalue weighted by Gasteiger charge is 2.30. The molecule has 1 aromatic rings. The summed E-state index contributed by atoms with van der Waals surface area (Å²) in [6.07, 6.45) is 1.86. The van der Waals surface area contributed by atoms with Crippen LogP contribution < -0.4 is 0 Å². The Morgan fingerprint density at radius 3 is 2.79 bits per heavy atom. The van der Waals surface area contributed by atoms with Crippen molar-refractivity contribution < 1.29 is 9.90 Å². The van der Waals surface area contributed by atoms with Crippen molar-refractivity contribution in [1.82, 2.24) is 4.90 Å². The molecule has 2 atom stereocenters. The lowest BCUT2D eigenvalue weighted by Gasteiger charge is -2.37. The Morgan fingerprint density at radius 2 is 2.16 bits per heavy atom. The normalized spacial score (nSPS) is 23.5. The lowest BCUT2D eigenvalue weighted by atomic mass is 9.93. The van der Waals surface area contributed by atoms with Crippen LogP contribution in [0.3, 0.4) is 0 Å². The maximum Gasteiger partial charge on any atom is 0.255 e. The van der Waals surface area contributed by atoms with E-state index in [4.69, 9.17) is 23.2 Å². The van der Waals surface area contributed by atoms with Crippen LogP contribution in [0.5, 0.6) is 0 Å². The molecule has 1 aromatic carbocycles. The second-order valence-electron chi connectivity index (χ2n) is 5.06. The molecule has 19 heavy (non-hydrogen) atoms. The van der Waals surface area contributed by atoms with Crippen molar-refractivity contribution in [3.63, 3.8) is 0 Å². The summed E-state index contributed by atoms with van der Waals surface area (Å²) < 4.78 is 0. The third-order valence-corrected chi connectivity index (χ3v) is 4.21. The zero-order valence-electron chi connectivity index (χ0n) is 10.8. The summed E-state index contributed by atoms with van der Waals surface area (Å²) >= 11 is 11.9. The summed E-state index contributed by atoms with van der Waals surface area (Å²) in [5.74, 6) is 0.0681. The number of aliphatic hydroxyl groups is 1. The molecule has 0 bridgehead atoms. The summed E-state index contributed by atoms with van der Waals surface area (Å²) in [7, 11) is 0. The molecule has 1 aliphatic heterocycles. The molecule has 0 aromatic heterocycles. The van der Waals surface area contributed by atoms with Gasteiger partial charge in [0.1, 0.15) is 0 Å². The number of halogens is 2.